The maximum absolute atomic E-state index is 13.3. The van der Waals surface area contributed by atoms with Crippen LogP contribution < -0.4 is 5.11 Å². The van der Waals surface area contributed by atoms with Crippen molar-refractivity contribution >= 4 is 26.8 Å². The van der Waals surface area contributed by atoms with E-state index < -0.39 is 38.3 Å². The number of alkyl halides is 2. The van der Waals surface area contributed by atoms with Crippen molar-refractivity contribution in [2.24, 2.45) is 0 Å². The second kappa shape index (κ2) is 5.92. The van der Waals surface area contributed by atoms with Gasteiger partial charge in [-0.25, -0.2) is 22.2 Å². The van der Waals surface area contributed by atoms with Crippen LogP contribution in [0.25, 0.3) is 16.7 Å². The van der Waals surface area contributed by atoms with E-state index in [0.29, 0.717) is 17.1 Å². The summed E-state index contributed by atoms with van der Waals surface area (Å²) >= 11 is 0. The first-order valence-corrected chi connectivity index (χ1v) is 8.89. The Hall–Kier alpha value is -2.81. The molecule has 0 radical (unpaired) electrons. The van der Waals surface area contributed by atoms with E-state index in [1.807, 2.05) is 0 Å². The lowest BCUT2D eigenvalue weighted by atomic mass is 10.1. The van der Waals surface area contributed by atoms with Crippen molar-refractivity contribution < 1.29 is 27.1 Å². The number of hydrogen-bond donors (Lipinski definition) is 0. The summed E-state index contributed by atoms with van der Waals surface area (Å²) in [5.74, 6) is -1.87. The first-order valence-electron chi connectivity index (χ1n) is 7.00. The number of halogens is 2. The summed E-state index contributed by atoms with van der Waals surface area (Å²) in [6.07, 6.45) is -0.954. The largest absolute Gasteiger partial charge is 0.545 e. The molecule has 0 spiro atoms. The first-order chi connectivity index (χ1) is 11.7. The third-order valence-electron chi connectivity index (χ3n) is 3.70. The smallest absolute Gasteiger partial charge is 0.264 e. The van der Waals surface area contributed by atoms with E-state index in [0.717, 1.165) is 12.3 Å². The number of aromatic carboxylic acids is 1. The third-order valence-corrected chi connectivity index (χ3v) is 4.82. The van der Waals surface area contributed by atoms with Crippen LogP contribution in [0.4, 0.5) is 8.78 Å². The molecule has 0 saturated heterocycles. The number of carboxylic acids is 1. The molecule has 0 atom stereocenters. The van der Waals surface area contributed by atoms with Gasteiger partial charge in [0.15, 0.2) is 9.84 Å². The van der Waals surface area contributed by atoms with Crippen molar-refractivity contribution in [2.75, 3.05) is 6.26 Å². The minimum atomic E-state index is -3.91. The molecule has 9 heteroatoms. The normalized spacial score (nSPS) is 12.0. The summed E-state index contributed by atoms with van der Waals surface area (Å²) in [6, 6.07) is 8.28. The van der Waals surface area contributed by atoms with E-state index in [-0.39, 0.29) is 5.69 Å². The Kier molecular flexibility index (Phi) is 4.03. The van der Waals surface area contributed by atoms with Gasteiger partial charge >= 0.3 is 0 Å². The number of hydrogen-bond acceptors (Lipinski definition) is 5. The molecule has 6 nitrogen and oxygen atoms in total. The maximum atomic E-state index is 13.3. The zero-order chi connectivity index (χ0) is 18.4. The number of carbonyl (C=O) groups excluding carboxylic acids is 1. The highest BCUT2D eigenvalue weighted by Crippen LogP contribution is 2.32. The van der Waals surface area contributed by atoms with E-state index in [9.17, 15) is 27.1 Å². The molecule has 2 aromatic carbocycles. The lowest BCUT2D eigenvalue weighted by Gasteiger charge is -2.17. The highest BCUT2D eigenvalue weighted by atomic mass is 32.2. The minimum absolute atomic E-state index is 0.100. The van der Waals surface area contributed by atoms with Crippen LogP contribution in [0.1, 0.15) is 22.3 Å². The van der Waals surface area contributed by atoms with Gasteiger partial charge in [-0.15, -0.1) is 0 Å². The fourth-order valence-corrected chi connectivity index (χ4v) is 3.45. The van der Waals surface area contributed by atoms with Gasteiger partial charge in [-0.1, -0.05) is 12.1 Å². The Labute approximate surface area is 141 Å². The first kappa shape index (κ1) is 17.0. The zero-order valence-electron chi connectivity index (χ0n) is 12.8. The van der Waals surface area contributed by atoms with E-state index >= 15 is 0 Å². The van der Waals surface area contributed by atoms with Crippen LogP contribution in [0.15, 0.2) is 47.6 Å². The van der Waals surface area contributed by atoms with Crippen LogP contribution >= 0.6 is 0 Å². The minimum Gasteiger partial charge on any atom is -0.545 e. The zero-order valence-corrected chi connectivity index (χ0v) is 13.6. The SMILES string of the molecule is CS(=O)(=O)c1cc(C(=O)[O-])c(C(F)F)cc1-n1cnc2ccccc21. The Morgan fingerprint density at radius 2 is 1.92 bits per heavy atom. The Bertz CT molecular complexity index is 1090. The molecule has 1 aromatic heterocycles. The number of sulfone groups is 1. The number of imidazole rings is 1. The number of nitrogens with zero attached hydrogens (tertiary/aromatic N) is 2. The average Bonchev–Trinajstić information content (AvgIpc) is 2.96. The van der Waals surface area contributed by atoms with Crippen molar-refractivity contribution in [3.05, 3.63) is 53.9 Å². The molecule has 0 aliphatic rings. The molecule has 1 heterocycles. The van der Waals surface area contributed by atoms with Crippen LogP contribution in [0.5, 0.6) is 0 Å². The highest BCUT2D eigenvalue weighted by Gasteiger charge is 2.23. The molecule has 25 heavy (non-hydrogen) atoms. The summed E-state index contributed by atoms with van der Waals surface area (Å²) < 4.78 is 52.1. The number of para-hydroxylation sites is 2. The summed E-state index contributed by atoms with van der Waals surface area (Å²) in [4.78, 5) is 14.9. The Balaban J connectivity index is 2.42. The van der Waals surface area contributed by atoms with Crippen LogP contribution in [-0.2, 0) is 9.84 Å². The predicted molar refractivity (Wildman–Crippen MR) is 83.5 cm³/mol. The second-order valence-corrected chi connectivity index (χ2v) is 7.35. The van der Waals surface area contributed by atoms with Crippen LogP contribution in [0.2, 0.25) is 0 Å². The van der Waals surface area contributed by atoms with Crippen LogP contribution in [0.3, 0.4) is 0 Å². The molecule has 0 fully saturated rings. The van der Waals surface area contributed by atoms with Crippen molar-refractivity contribution in [1.82, 2.24) is 9.55 Å². The van der Waals surface area contributed by atoms with Crippen molar-refractivity contribution in [1.29, 1.82) is 0 Å². The van der Waals surface area contributed by atoms with Gasteiger partial charge in [0.25, 0.3) is 6.43 Å². The van der Waals surface area contributed by atoms with Gasteiger partial charge in [0, 0.05) is 17.4 Å². The van der Waals surface area contributed by atoms with Gasteiger partial charge in [0.1, 0.15) is 6.33 Å². The third kappa shape index (κ3) is 2.98. The number of fused-ring (bicyclic) bond motifs is 1. The number of rotatable bonds is 4. The molecule has 0 N–H and O–H groups in total. The maximum Gasteiger partial charge on any atom is 0.264 e. The van der Waals surface area contributed by atoms with Gasteiger partial charge in [-0.2, -0.15) is 0 Å². The van der Waals surface area contributed by atoms with Crippen molar-refractivity contribution in [2.45, 2.75) is 11.3 Å². The summed E-state index contributed by atoms with van der Waals surface area (Å²) in [5, 5.41) is 11.2. The summed E-state index contributed by atoms with van der Waals surface area (Å²) in [5.41, 5.74) is -0.751. The fourth-order valence-electron chi connectivity index (χ4n) is 2.58. The summed E-state index contributed by atoms with van der Waals surface area (Å²) in [7, 11) is -3.91. The van der Waals surface area contributed by atoms with Gasteiger partial charge in [-0.05, 0) is 24.3 Å². The molecular formula is C16H11F2N2O4S-. The molecular weight excluding hydrogens is 354 g/mol. The van der Waals surface area contributed by atoms with E-state index in [2.05, 4.69) is 4.98 Å². The molecule has 0 aliphatic heterocycles. The molecule has 0 bridgehead atoms. The monoisotopic (exact) mass is 365 g/mol. The molecule has 0 unspecified atom stereocenters. The quantitative estimate of drug-likeness (QED) is 0.702. The van der Waals surface area contributed by atoms with E-state index in [1.165, 1.54) is 10.9 Å². The molecule has 3 aromatic rings. The van der Waals surface area contributed by atoms with Crippen molar-refractivity contribution in [3.63, 3.8) is 0 Å². The Morgan fingerprint density at radius 1 is 1.24 bits per heavy atom. The standard InChI is InChI=1S/C16H12F2N2O4S/c1-25(23,24)14-7-10(16(21)22)9(15(17)18)6-13(14)20-8-19-11-4-2-3-5-12(11)20/h2-8,15H,1H3,(H,21,22)/p-1. The number of carbonyl (C=O) groups is 1. The number of carboxylic acid groups (broad SMARTS) is 1. The second-order valence-electron chi connectivity index (χ2n) is 5.37. The van der Waals surface area contributed by atoms with Gasteiger partial charge in [-0.3, -0.25) is 4.57 Å². The molecule has 3 rings (SSSR count). The topological polar surface area (TPSA) is 92.1 Å². The van der Waals surface area contributed by atoms with E-state index in [1.54, 1.807) is 24.3 Å². The molecule has 0 saturated carbocycles. The van der Waals surface area contributed by atoms with Crippen molar-refractivity contribution in [3.8, 4) is 5.69 Å². The fraction of sp³-hybridized carbons (Fsp3) is 0.125. The van der Waals surface area contributed by atoms with Crippen LogP contribution in [0, 0.1) is 0 Å². The van der Waals surface area contributed by atoms with Gasteiger partial charge < -0.3 is 9.90 Å². The number of benzene rings is 2. The average molecular weight is 365 g/mol. The van der Waals surface area contributed by atoms with Crippen LogP contribution in [-0.4, -0.2) is 30.2 Å². The molecule has 130 valence electrons. The van der Waals surface area contributed by atoms with E-state index in [4.69, 9.17) is 0 Å². The van der Waals surface area contributed by atoms with Gasteiger partial charge in [0.2, 0.25) is 0 Å². The number of aromatic nitrogens is 2. The lowest BCUT2D eigenvalue weighted by Crippen LogP contribution is -2.25. The highest BCUT2D eigenvalue weighted by molar-refractivity contribution is 7.90. The molecule has 0 aliphatic carbocycles. The predicted octanol–water partition coefficient (Wildman–Crippen LogP) is 1.73. The lowest BCUT2D eigenvalue weighted by molar-refractivity contribution is -0.255. The summed E-state index contributed by atoms with van der Waals surface area (Å²) in [6.45, 7) is 0. The molecule has 0 amide bonds. The Morgan fingerprint density at radius 3 is 2.52 bits per heavy atom. The van der Waals surface area contributed by atoms with Gasteiger partial charge in [0.05, 0.1) is 27.6 Å².